The number of rotatable bonds is 4. The molecule has 4 rings (SSSR count). The standard InChI is InChI=1S/C19H16ClNO5S/c20-14-3-5-15(6-4-14)27(23,24)16-10-21(11-16)19(22)8-2-13-1-7-17-18(9-13)26-12-25-17/h1-9,16H,10-12H2/b8-2+. The number of fused-ring (bicyclic) bond motifs is 1. The molecule has 1 fully saturated rings. The molecule has 2 aliphatic heterocycles. The Hall–Kier alpha value is -2.51. The number of halogens is 1. The van der Waals surface area contributed by atoms with E-state index >= 15 is 0 Å². The van der Waals surface area contributed by atoms with Crippen molar-refractivity contribution in [2.24, 2.45) is 0 Å². The fraction of sp³-hybridized carbons (Fsp3) is 0.211. The van der Waals surface area contributed by atoms with Crippen LogP contribution in [-0.4, -0.2) is 44.4 Å². The highest BCUT2D eigenvalue weighted by atomic mass is 35.5. The molecule has 6 nitrogen and oxygen atoms in total. The van der Waals surface area contributed by atoms with Crippen LogP contribution in [0.5, 0.6) is 11.5 Å². The first-order valence-corrected chi connectivity index (χ1v) is 10.2. The maximum Gasteiger partial charge on any atom is 0.246 e. The summed E-state index contributed by atoms with van der Waals surface area (Å²) in [4.78, 5) is 14.0. The quantitative estimate of drug-likeness (QED) is 0.731. The summed E-state index contributed by atoms with van der Waals surface area (Å²) in [5.74, 6) is 1.09. The van der Waals surface area contributed by atoms with Crippen molar-refractivity contribution in [3.05, 3.63) is 59.1 Å². The van der Waals surface area contributed by atoms with Gasteiger partial charge in [0.25, 0.3) is 0 Å². The summed E-state index contributed by atoms with van der Waals surface area (Å²) in [6.07, 6.45) is 3.11. The van der Waals surface area contributed by atoms with Gasteiger partial charge in [-0.25, -0.2) is 8.42 Å². The minimum atomic E-state index is -3.47. The summed E-state index contributed by atoms with van der Waals surface area (Å²) in [6, 6.07) is 11.5. The van der Waals surface area contributed by atoms with Gasteiger partial charge in [-0.05, 0) is 48.0 Å². The van der Waals surface area contributed by atoms with E-state index in [9.17, 15) is 13.2 Å². The summed E-state index contributed by atoms with van der Waals surface area (Å²) < 4.78 is 35.7. The van der Waals surface area contributed by atoms with Crippen LogP contribution in [0.25, 0.3) is 6.08 Å². The molecule has 2 aliphatic rings. The molecule has 2 aromatic carbocycles. The Bertz CT molecular complexity index is 1010. The zero-order valence-electron chi connectivity index (χ0n) is 14.2. The van der Waals surface area contributed by atoms with Crippen molar-refractivity contribution in [2.45, 2.75) is 10.1 Å². The second-order valence-electron chi connectivity index (χ2n) is 6.31. The number of carbonyl (C=O) groups is 1. The van der Waals surface area contributed by atoms with Gasteiger partial charge in [0.15, 0.2) is 21.3 Å². The molecule has 0 radical (unpaired) electrons. The van der Waals surface area contributed by atoms with Crippen molar-refractivity contribution in [2.75, 3.05) is 19.9 Å². The Labute approximate surface area is 161 Å². The van der Waals surface area contributed by atoms with Crippen molar-refractivity contribution >= 4 is 33.4 Å². The van der Waals surface area contributed by atoms with Gasteiger partial charge in [0.1, 0.15) is 5.25 Å². The normalized spacial score (nSPS) is 16.6. The molecule has 0 spiro atoms. The van der Waals surface area contributed by atoms with Gasteiger partial charge in [0, 0.05) is 24.2 Å². The topological polar surface area (TPSA) is 72.9 Å². The summed E-state index contributed by atoms with van der Waals surface area (Å²) in [6.45, 7) is 0.545. The third-order valence-corrected chi connectivity index (χ3v) is 6.91. The van der Waals surface area contributed by atoms with Crippen molar-refractivity contribution in [3.63, 3.8) is 0 Å². The van der Waals surface area contributed by atoms with Crippen LogP contribution < -0.4 is 9.47 Å². The molecule has 2 heterocycles. The monoisotopic (exact) mass is 405 g/mol. The van der Waals surface area contributed by atoms with Crippen LogP contribution in [0, 0.1) is 0 Å². The Morgan fingerprint density at radius 1 is 1.07 bits per heavy atom. The molecule has 1 saturated heterocycles. The zero-order valence-corrected chi connectivity index (χ0v) is 15.7. The molecule has 1 amide bonds. The molecule has 27 heavy (non-hydrogen) atoms. The summed E-state index contributed by atoms with van der Waals surface area (Å²) in [5, 5.41) is -0.116. The third kappa shape index (κ3) is 3.52. The fourth-order valence-electron chi connectivity index (χ4n) is 2.92. The van der Waals surface area contributed by atoms with Gasteiger partial charge in [-0.1, -0.05) is 17.7 Å². The first kappa shape index (κ1) is 17.9. The van der Waals surface area contributed by atoms with Crippen molar-refractivity contribution in [1.82, 2.24) is 4.90 Å². The average molecular weight is 406 g/mol. The molecule has 0 saturated carbocycles. The van der Waals surface area contributed by atoms with Crippen LogP contribution in [-0.2, 0) is 14.6 Å². The van der Waals surface area contributed by atoms with Gasteiger partial charge < -0.3 is 14.4 Å². The van der Waals surface area contributed by atoms with Gasteiger partial charge in [0.05, 0.1) is 4.90 Å². The second kappa shape index (κ2) is 6.90. The number of ether oxygens (including phenoxy) is 2. The largest absolute Gasteiger partial charge is 0.454 e. The van der Waals surface area contributed by atoms with E-state index < -0.39 is 15.1 Å². The molecular formula is C19H16ClNO5S. The Balaban J connectivity index is 1.37. The number of sulfone groups is 1. The maximum absolute atomic E-state index is 12.6. The third-order valence-electron chi connectivity index (χ3n) is 4.56. The number of benzene rings is 2. The lowest BCUT2D eigenvalue weighted by atomic mass is 10.1. The van der Waals surface area contributed by atoms with Gasteiger partial charge in [-0.15, -0.1) is 0 Å². The van der Waals surface area contributed by atoms with Crippen molar-refractivity contribution in [1.29, 1.82) is 0 Å². The van der Waals surface area contributed by atoms with Gasteiger partial charge in [0.2, 0.25) is 12.7 Å². The average Bonchev–Trinajstić information content (AvgIpc) is 3.06. The molecular weight excluding hydrogens is 390 g/mol. The predicted molar refractivity (Wildman–Crippen MR) is 101 cm³/mol. The highest BCUT2D eigenvalue weighted by molar-refractivity contribution is 7.92. The molecule has 140 valence electrons. The molecule has 0 aromatic heterocycles. The SMILES string of the molecule is O=C(/C=C/c1ccc2c(c1)OCO2)N1CC(S(=O)(=O)c2ccc(Cl)cc2)C1. The van der Waals surface area contributed by atoms with Gasteiger partial charge in [-0.2, -0.15) is 0 Å². The van der Waals surface area contributed by atoms with Crippen molar-refractivity contribution in [3.8, 4) is 11.5 Å². The van der Waals surface area contributed by atoms with Gasteiger partial charge in [-0.3, -0.25) is 4.79 Å². The van der Waals surface area contributed by atoms with E-state index in [1.54, 1.807) is 30.3 Å². The Kier molecular flexibility index (Phi) is 4.57. The molecule has 0 unspecified atom stereocenters. The van der Waals surface area contributed by atoms with Gasteiger partial charge >= 0.3 is 0 Å². The highest BCUT2D eigenvalue weighted by Crippen LogP contribution is 2.33. The lowest BCUT2D eigenvalue weighted by molar-refractivity contribution is -0.128. The van der Waals surface area contributed by atoms with E-state index in [1.165, 1.54) is 23.1 Å². The number of hydrogen-bond donors (Lipinski definition) is 0. The lowest BCUT2D eigenvalue weighted by Crippen LogP contribution is -2.56. The Morgan fingerprint density at radius 2 is 1.78 bits per heavy atom. The number of likely N-dealkylation sites (tertiary alicyclic amines) is 1. The minimum absolute atomic E-state index is 0.176. The van der Waals surface area contributed by atoms with E-state index in [4.69, 9.17) is 21.1 Å². The minimum Gasteiger partial charge on any atom is -0.454 e. The maximum atomic E-state index is 12.6. The number of carbonyl (C=O) groups excluding carboxylic acids is 1. The van der Waals surface area contributed by atoms with Crippen LogP contribution in [0.4, 0.5) is 0 Å². The van der Waals surface area contributed by atoms with Crippen LogP contribution in [0.2, 0.25) is 5.02 Å². The Morgan fingerprint density at radius 3 is 2.52 bits per heavy atom. The molecule has 0 bridgehead atoms. The molecule has 0 aliphatic carbocycles. The van der Waals surface area contributed by atoms with E-state index in [1.807, 2.05) is 6.07 Å². The summed E-state index contributed by atoms with van der Waals surface area (Å²) >= 11 is 5.80. The van der Waals surface area contributed by atoms with E-state index in [0.717, 1.165) is 5.56 Å². The van der Waals surface area contributed by atoms with E-state index in [2.05, 4.69) is 0 Å². The van der Waals surface area contributed by atoms with Crippen LogP contribution >= 0.6 is 11.6 Å². The smallest absolute Gasteiger partial charge is 0.246 e. The molecule has 2 aromatic rings. The zero-order chi connectivity index (χ0) is 19.0. The van der Waals surface area contributed by atoms with Crippen LogP contribution in [0.1, 0.15) is 5.56 Å². The second-order valence-corrected chi connectivity index (χ2v) is 8.97. The molecule has 0 atom stereocenters. The number of nitrogens with zero attached hydrogens (tertiary/aromatic N) is 1. The first-order valence-electron chi connectivity index (χ1n) is 8.29. The fourth-order valence-corrected chi connectivity index (χ4v) is 4.70. The van der Waals surface area contributed by atoms with E-state index in [-0.39, 0.29) is 30.7 Å². The van der Waals surface area contributed by atoms with E-state index in [0.29, 0.717) is 16.5 Å². The number of amides is 1. The first-order chi connectivity index (χ1) is 12.9. The van der Waals surface area contributed by atoms with Crippen LogP contribution in [0.15, 0.2) is 53.4 Å². The lowest BCUT2D eigenvalue weighted by Gasteiger charge is -2.38. The summed E-state index contributed by atoms with van der Waals surface area (Å²) in [7, 11) is -3.47. The number of hydrogen-bond acceptors (Lipinski definition) is 5. The summed E-state index contributed by atoms with van der Waals surface area (Å²) in [5.41, 5.74) is 0.804. The highest BCUT2D eigenvalue weighted by Gasteiger charge is 2.39. The molecule has 0 N–H and O–H groups in total. The predicted octanol–water partition coefficient (Wildman–Crippen LogP) is 2.77. The van der Waals surface area contributed by atoms with Crippen LogP contribution in [0.3, 0.4) is 0 Å². The molecule has 8 heteroatoms. The van der Waals surface area contributed by atoms with Crippen molar-refractivity contribution < 1.29 is 22.7 Å².